The lowest BCUT2D eigenvalue weighted by atomic mass is 9.33. The van der Waals surface area contributed by atoms with E-state index in [0.717, 1.165) is 84.3 Å². The van der Waals surface area contributed by atoms with Crippen LogP contribution in [0, 0.1) is 56.2 Å². The largest absolute Gasteiger partial charge is 0.379 e. The van der Waals surface area contributed by atoms with Gasteiger partial charge in [-0.15, -0.1) is 0 Å². The number of fused-ring (bicyclic) bond motifs is 8. The van der Waals surface area contributed by atoms with Gasteiger partial charge in [0.25, 0.3) is 0 Å². The third-order valence-corrected chi connectivity index (χ3v) is 15.3. The highest BCUT2D eigenvalue weighted by Crippen LogP contribution is 2.76. The third-order valence-electron chi connectivity index (χ3n) is 15.3. The molecular formula is C38H60N4O2. The molecule has 0 radical (unpaired) electrons. The second kappa shape index (κ2) is 10.5. The van der Waals surface area contributed by atoms with E-state index in [1.165, 1.54) is 25.0 Å². The number of nitrogens with one attached hydrogen (secondary N) is 1. The number of hydrogen-bond donors (Lipinski definition) is 1. The zero-order chi connectivity index (χ0) is 31.2. The van der Waals surface area contributed by atoms with Crippen LogP contribution in [0.15, 0.2) is 21.9 Å². The maximum Gasteiger partial charge on any atom is 0.226 e. The fourth-order valence-electron chi connectivity index (χ4n) is 12.7. The summed E-state index contributed by atoms with van der Waals surface area (Å²) in [5, 5.41) is 12.7. The van der Waals surface area contributed by atoms with Crippen molar-refractivity contribution in [2.75, 3.05) is 39.4 Å². The number of ether oxygens (including phenoxy) is 1. The van der Waals surface area contributed by atoms with E-state index in [1.54, 1.807) is 5.57 Å². The molecule has 1 amide bonds. The Bertz CT molecular complexity index is 1260. The van der Waals surface area contributed by atoms with E-state index >= 15 is 0 Å². The van der Waals surface area contributed by atoms with Crippen molar-refractivity contribution in [1.29, 1.82) is 0 Å². The molecule has 2 heterocycles. The van der Waals surface area contributed by atoms with Crippen molar-refractivity contribution in [3.05, 3.63) is 11.6 Å². The first kappa shape index (κ1) is 31.1. The number of hydrogen-bond acceptors (Lipinski definition) is 5. The van der Waals surface area contributed by atoms with Gasteiger partial charge in [0.2, 0.25) is 5.91 Å². The molecular weight excluding hydrogens is 544 g/mol. The van der Waals surface area contributed by atoms with Crippen molar-refractivity contribution in [2.45, 2.75) is 113 Å². The van der Waals surface area contributed by atoms with Crippen molar-refractivity contribution in [2.24, 2.45) is 66.4 Å². The fourth-order valence-corrected chi connectivity index (χ4v) is 12.7. The van der Waals surface area contributed by atoms with Gasteiger partial charge in [-0.3, -0.25) is 9.69 Å². The van der Waals surface area contributed by atoms with Crippen LogP contribution < -0.4 is 5.32 Å². The molecule has 8 atom stereocenters. The maximum atomic E-state index is 14.4. The zero-order valence-electron chi connectivity index (χ0n) is 28.9. The third kappa shape index (κ3) is 4.42. The van der Waals surface area contributed by atoms with E-state index in [0.29, 0.717) is 29.6 Å². The van der Waals surface area contributed by atoms with Crippen LogP contribution in [0.1, 0.15) is 113 Å². The number of nitrogens with zero attached hydrogens (tertiary/aromatic N) is 3. The summed E-state index contributed by atoms with van der Waals surface area (Å²) in [6.07, 6.45) is 16.3. The van der Waals surface area contributed by atoms with E-state index in [1.807, 2.05) is 0 Å². The molecule has 0 aromatic carbocycles. The molecule has 7 aliphatic rings. The zero-order valence-corrected chi connectivity index (χ0v) is 28.9. The highest BCUT2D eigenvalue weighted by Gasteiger charge is 2.69. The second-order valence-electron chi connectivity index (χ2n) is 18.2. The molecule has 4 saturated carbocycles. The molecule has 244 valence electrons. The molecule has 5 fully saturated rings. The van der Waals surface area contributed by atoms with Gasteiger partial charge in [0, 0.05) is 37.2 Å². The lowest BCUT2D eigenvalue weighted by Gasteiger charge is -2.71. The normalized spacial score (nSPS) is 45.5. The molecule has 6 nitrogen and oxygen atoms in total. The molecule has 0 aromatic rings. The van der Waals surface area contributed by atoms with Crippen LogP contribution in [-0.2, 0) is 9.53 Å². The first-order valence-corrected chi connectivity index (χ1v) is 18.2. The van der Waals surface area contributed by atoms with E-state index in [4.69, 9.17) is 9.84 Å². The van der Waals surface area contributed by atoms with Crippen molar-refractivity contribution in [3.63, 3.8) is 0 Å². The Labute approximate surface area is 267 Å². The predicted octanol–water partition coefficient (Wildman–Crippen LogP) is 7.29. The molecule has 0 aromatic heterocycles. The van der Waals surface area contributed by atoms with Crippen LogP contribution in [0.5, 0.6) is 0 Å². The quantitative estimate of drug-likeness (QED) is 0.265. The van der Waals surface area contributed by atoms with Crippen molar-refractivity contribution >= 4 is 17.8 Å². The van der Waals surface area contributed by atoms with Gasteiger partial charge in [0.1, 0.15) is 0 Å². The summed E-state index contributed by atoms with van der Waals surface area (Å²) < 4.78 is 5.52. The molecule has 1 saturated heterocycles. The molecule has 1 N–H and O–H groups in total. The van der Waals surface area contributed by atoms with E-state index in [-0.39, 0.29) is 32.5 Å². The van der Waals surface area contributed by atoms with Crippen LogP contribution in [-0.4, -0.2) is 62.1 Å². The van der Waals surface area contributed by atoms with Gasteiger partial charge in [0.05, 0.1) is 24.3 Å². The van der Waals surface area contributed by atoms with Crippen molar-refractivity contribution in [1.82, 2.24) is 10.2 Å². The minimum absolute atomic E-state index is 0.0926. The molecule has 0 bridgehead atoms. The Balaban J connectivity index is 1.17. The van der Waals surface area contributed by atoms with Gasteiger partial charge in [-0.05, 0) is 110 Å². The van der Waals surface area contributed by atoms with Crippen LogP contribution in [0.25, 0.3) is 0 Å². The van der Waals surface area contributed by atoms with Gasteiger partial charge in [-0.1, -0.05) is 60.1 Å². The summed E-state index contributed by atoms with van der Waals surface area (Å²) in [5.41, 5.74) is 3.77. The number of carbonyl (C=O) groups is 1. The maximum absolute atomic E-state index is 14.4. The number of rotatable bonds is 5. The summed E-state index contributed by atoms with van der Waals surface area (Å²) in [4.78, 5) is 16.9. The number of amides is 1. The van der Waals surface area contributed by atoms with Crippen LogP contribution >= 0.6 is 0 Å². The first-order valence-electron chi connectivity index (χ1n) is 18.2. The summed E-state index contributed by atoms with van der Waals surface area (Å²) in [5.74, 6) is 2.40. The summed E-state index contributed by atoms with van der Waals surface area (Å²) >= 11 is 0. The monoisotopic (exact) mass is 604 g/mol. The van der Waals surface area contributed by atoms with Crippen LogP contribution in [0.2, 0.25) is 0 Å². The molecule has 5 aliphatic carbocycles. The smallest absolute Gasteiger partial charge is 0.226 e. The van der Waals surface area contributed by atoms with Gasteiger partial charge in [-0.2, -0.15) is 10.2 Å². The lowest BCUT2D eigenvalue weighted by molar-refractivity contribution is -0.171. The van der Waals surface area contributed by atoms with Gasteiger partial charge < -0.3 is 10.1 Å². The first-order chi connectivity index (χ1) is 20.8. The molecule has 6 heteroatoms. The van der Waals surface area contributed by atoms with Gasteiger partial charge in [-0.25, -0.2) is 0 Å². The van der Waals surface area contributed by atoms with E-state index in [9.17, 15) is 4.79 Å². The van der Waals surface area contributed by atoms with Crippen LogP contribution in [0.4, 0.5) is 0 Å². The minimum atomic E-state index is -0.247. The molecule has 2 aliphatic heterocycles. The van der Waals surface area contributed by atoms with Gasteiger partial charge in [0.15, 0.2) is 0 Å². The predicted molar refractivity (Wildman–Crippen MR) is 179 cm³/mol. The number of carbonyl (C=O) groups excluding carboxylic acids is 1. The van der Waals surface area contributed by atoms with E-state index < -0.39 is 0 Å². The Kier molecular flexibility index (Phi) is 7.41. The Hall–Kier alpha value is -1.53. The Morgan fingerprint density at radius 3 is 2.50 bits per heavy atom. The van der Waals surface area contributed by atoms with Gasteiger partial charge >= 0.3 is 0 Å². The Morgan fingerprint density at radius 1 is 0.977 bits per heavy atom. The fraction of sp³-hybridized carbons (Fsp3) is 0.868. The summed E-state index contributed by atoms with van der Waals surface area (Å²) in [6.45, 7) is 23.3. The SMILES string of the molecule is CC1(C)CC[C@]2(C(=O)NCCCN3CCOCC3)CC[C@]3(C)C(=CC[C@@H]4[C@@]5(C)CC6C=NN=C6C(C)(C)C5CC[C@]43C)[C@@H]2C1. The molecule has 2 unspecified atom stereocenters. The van der Waals surface area contributed by atoms with Crippen LogP contribution in [0.3, 0.4) is 0 Å². The number of allylic oxidation sites excluding steroid dienone is 2. The highest BCUT2D eigenvalue weighted by molar-refractivity contribution is 6.05. The second-order valence-corrected chi connectivity index (χ2v) is 18.2. The minimum Gasteiger partial charge on any atom is -0.379 e. The lowest BCUT2D eigenvalue weighted by Crippen LogP contribution is -2.66. The average molecular weight is 605 g/mol. The molecule has 44 heavy (non-hydrogen) atoms. The van der Waals surface area contributed by atoms with E-state index in [2.05, 4.69) is 76.1 Å². The summed E-state index contributed by atoms with van der Waals surface area (Å²) in [7, 11) is 0. The Morgan fingerprint density at radius 2 is 1.73 bits per heavy atom. The standard InChI is InChI=1S/C38H60N4O2/c1-33(2)13-15-38(32(43)39-17-8-18-42-19-21-44-22-20-42)16-14-36(6)27(28(38)24-33)9-10-30-35(5)23-26-25-40-41-31(26)34(3,4)29(35)11-12-37(30,36)7/h9,25-26,28-30H,8,10-24H2,1-7H3,(H,39,43)/t26?,28-,29?,30+,35-,36+,37+,38-/m0/s1. The topological polar surface area (TPSA) is 66.3 Å². The molecule has 0 spiro atoms. The van der Waals surface area contributed by atoms with Crippen molar-refractivity contribution in [3.8, 4) is 0 Å². The number of morpholine rings is 1. The average Bonchev–Trinajstić information content (AvgIpc) is 3.45. The molecule has 7 rings (SSSR count). The highest BCUT2D eigenvalue weighted by atomic mass is 16.5. The van der Waals surface area contributed by atoms with Crippen molar-refractivity contribution < 1.29 is 9.53 Å². The summed E-state index contributed by atoms with van der Waals surface area (Å²) in [6, 6.07) is 0.